The van der Waals surface area contributed by atoms with Gasteiger partial charge in [-0.2, -0.15) is 0 Å². The molecule has 0 atom stereocenters. The summed E-state index contributed by atoms with van der Waals surface area (Å²) in [7, 11) is 0. The van der Waals surface area contributed by atoms with E-state index in [1.165, 1.54) is 5.56 Å². The summed E-state index contributed by atoms with van der Waals surface area (Å²) >= 11 is 0. The lowest BCUT2D eigenvalue weighted by Crippen LogP contribution is -2.28. The van der Waals surface area contributed by atoms with Gasteiger partial charge in [0.05, 0.1) is 18.8 Å². The highest BCUT2D eigenvalue weighted by Gasteiger charge is 2.23. The fourth-order valence-electron chi connectivity index (χ4n) is 1.99. The van der Waals surface area contributed by atoms with Gasteiger partial charge in [0.1, 0.15) is 6.61 Å². The average Bonchev–Trinajstić information content (AvgIpc) is 2.57. The highest BCUT2D eigenvalue weighted by Crippen LogP contribution is 2.18. The van der Waals surface area contributed by atoms with Crippen molar-refractivity contribution < 1.29 is 23.8 Å². The maximum Gasteiger partial charge on any atom is 0.508 e. The number of esters is 1. The van der Waals surface area contributed by atoms with Crippen LogP contribution in [-0.4, -0.2) is 31.9 Å². The Morgan fingerprint density at radius 1 is 0.958 bits per heavy atom. The Morgan fingerprint density at radius 3 is 2.17 bits per heavy atom. The van der Waals surface area contributed by atoms with Crippen LogP contribution in [-0.2, 0) is 20.6 Å². The van der Waals surface area contributed by atoms with Crippen LogP contribution in [0.25, 0.3) is 0 Å². The van der Waals surface area contributed by atoms with Gasteiger partial charge in [-0.25, -0.2) is 9.59 Å². The summed E-state index contributed by atoms with van der Waals surface area (Å²) in [6.07, 6.45) is 2.59. The van der Waals surface area contributed by atoms with Crippen LogP contribution in [0.2, 0.25) is 0 Å². The van der Waals surface area contributed by atoms with E-state index in [0.717, 1.165) is 19.3 Å². The second kappa shape index (κ2) is 9.96. The summed E-state index contributed by atoms with van der Waals surface area (Å²) in [5.74, 6) is -0.374. The first kappa shape index (κ1) is 20.0. The molecule has 0 amide bonds. The second-order valence-electron chi connectivity index (χ2n) is 6.51. The molecular weight excluding hydrogens is 308 g/mol. The molecule has 1 aromatic carbocycles. The molecule has 0 aliphatic carbocycles. The van der Waals surface area contributed by atoms with Crippen LogP contribution < -0.4 is 0 Å². The minimum absolute atomic E-state index is 0.120. The minimum atomic E-state index is -0.709. The molecule has 0 fully saturated rings. The molecule has 5 nitrogen and oxygen atoms in total. The highest BCUT2D eigenvalue weighted by atomic mass is 16.7. The largest absolute Gasteiger partial charge is 0.508 e. The first-order chi connectivity index (χ1) is 11.4. The van der Waals surface area contributed by atoms with Crippen LogP contribution in [0, 0.1) is 5.41 Å². The van der Waals surface area contributed by atoms with Crippen LogP contribution in [0.5, 0.6) is 0 Å². The molecule has 0 radical (unpaired) electrons. The molecule has 0 spiro atoms. The van der Waals surface area contributed by atoms with E-state index in [2.05, 4.69) is 6.92 Å². The van der Waals surface area contributed by atoms with E-state index in [0.29, 0.717) is 5.56 Å². The molecule has 24 heavy (non-hydrogen) atoms. The fourth-order valence-corrected chi connectivity index (χ4v) is 1.99. The standard InChI is InChI=1S/C19H28O5/c1-5-7-8-15-9-11-16(12-10-15)17(20)23-13-19(3,4)14-24-18(21)22-6-2/h9-12H,5-8,13-14H2,1-4H3. The number of unbranched alkanes of at least 4 members (excludes halogenated alkanes) is 1. The van der Waals surface area contributed by atoms with Gasteiger partial charge >= 0.3 is 12.1 Å². The third-order valence-electron chi connectivity index (χ3n) is 3.45. The normalized spacial score (nSPS) is 11.0. The van der Waals surface area contributed by atoms with Crippen molar-refractivity contribution in [2.45, 2.75) is 47.0 Å². The zero-order valence-corrected chi connectivity index (χ0v) is 15.1. The van der Waals surface area contributed by atoms with Gasteiger partial charge in [0.25, 0.3) is 0 Å². The van der Waals surface area contributed by atoms with Gasteiger partial charge in [0, 0.05) is 5.41 Å². The molecular formula is C19H28O5. The van der Waals surface area contributed by atoms with Gasteiger partial charge < -0.3 is 14.2 Å². The molecule has 134 valence electrons. The Hall–Kier alpha value is -2.04. The maximum atomic E-state index is 12.1. The second-order valence-corrected chi connectivity index (χ2v) is 6.51. The van der Waals surface area contributed by atoms with E-state index in [1.54, 1.807) is 19.1 Å². The van der Waals surface area contributed by atoms with Crippen molar-refractivity contribution in [2.24, 2.45) is 5.41 Å². The number of carbonyl (C=O) groups excluding carboxylic acids is 2. The molecule has 0 aromatic heterocycles. The number of rotatable bonds is 9. The van der Waals surface area contributed by atoms with Crippen molar-refractivity contribution in [3.8, 4) is 0 Å². The number of ether oxygens (including phenoxy) is 3. The fraction of sp³-hybridized carbons (Fsp3) is 0.579. The summed E-state index contributed by atoms with van der Waals surface area (Å²) in [6.45, 7) is 8.11. The lowest BCUT2D eigenvalue weighted by atomic mass is 9.96. The number of hydrogen-bond acceptors (Lipinski definition) is 5. The Kier molecular flexibility index (Phi) is 8.30. The first-order valence-electron chi connectivity index (χ1n) is 8.43. The molecule has 1 rings (SSSR count). The van der Waals surface area contributed by atoms with E-state index in [-0.39, 0.29) is 25.8 Å². The van der Waals surface area contributed by atoms with Crippen molar-refractivity contribution in [1.82, 2.24) is 0 Å². The number of aryl methyl sites for hydroxylation is 1. The third kappa shape index (κ3) is 7.49. The number of benzene rings is 1. The van der Waals surface area contributed by atoms with Crippen molar-refractivity contribution >= 4 is 12.1 Å². The molecule has 0 aliphatic heterocycles. The highest BCUT2D eigenvalue weighted by molar-refractivity contribution is 5.89. The third-order valence-corrected chi connectivity index (χ3v) is 3.45. The maximum absolute atomic E-state index is 12.1. The summed E-state index contributed by atoms with van der Waals surface area (Å²) in [6, 6.07) is 7.49. The molecule has 0 aliphatic rings. The zero-order chi connectivity index (χ0) is 18.0. The van der Waals surface area contributed by atoms with Crippen LogP contribution in [0.15, 0.2) is 24.3 Å². The van der Waals surface area contributed by atoms with Gasteiger partial charge in [-0.05, 0) is 37.5 Å². The van der Waals surface area contributed by atoms with Gasteiger partial charge in [-0.1, -0.05) is 39.3 Å². The van der Waals surface area contributed by atoms with E-state index in [4.69, 9.17) is 14.2 Å². The lowest BCUT2D eigenvalue weighted by molar-refractivity contribution is 0.000632. The monoisotopic (exact) mass is 336 g/mol. The molecule has 1 aromatic rings. The molecule has 5 heteroatoms. The predicted octanol–water partition coefficient (Wildman–Crippen LogP) is 4.39. The SMILES string of the molecule is CCCCc1ccc(C(=O)OCC(C)(C)COC(=O)OCC)cc1. The topological polar surface area (TPSA) is 61.8 Å². The first-order valence-corrected chi connectivity index (χ1v) is 8.43. The summed E-state index contributed by atoms with van der Waals surface area (Å²) in [5.41, 5.74) is 1.26. The van der Waals surface area contributed by atoms with Gasteiger partial charge in [0.2, 0.25) is 0 Å². The average molecular weight is 336 g/mol. The quantitative estimate of drug-likeness (QED) is 0.626. The van der Waals surface area contributed by atoms with E-state index >= 15 is 0 Å². The van der Waals surface area contributed by atoms with Crippen molar-refractivity contribution in [2.75, 3.05) is 19.8 Å². The van der Waals surface area contributed by atoms with Gasteiger partial charge in [0.15, 0.2) is 0 Å². The van der Waals surface area contributed by atoms with Gasteiger partial charge in [-0.3, -0.25) is 0 Å². The molecule has 0 saturated heterocycles. The van der Waals surface area contributed by atoms with Crippen LogP contribution in [0.4, 0.5) is 4.79 Å². The Balaban J connectivity index is 2.44. The van der Waals surface area contributed by atoms with Crippen molar-refractivity contribution in [3.05, 3.63) is 35.4 Å². The summed E-state index contributed by atoms with van der Waals surface area (Å²) < 4.78 is 15.0. The molecule has 0 unspecified atom stereocenters. The smallest absolute Gasteiger partial charge is 0.461 e. The van der Waals surface area contributed by atoms with E-state index < -0.39 is 11.6 Å². The molecule has 0 saturated carbocycles. The van der Waals surface area contributed by atoms with Crippen molar-refractivity contribution in [3.63, 3.8) is 0 Å². The lowest BCUT2D eigenvalue weighted by Gasteiger charge is -2.23. The van der Waals surface area contributed by atoms with Crippen LogP contribution in [0.1, 0.15) is 56.5 Å². The van der Waals surface area contributed by atoms with Crippen LogP contribution >= 0.6 is 0 Å². The van der Waals surface area contributed by atoms with Crippen molar-refractivity contribution in [1.29, 1.82) is 0 Å². The minimum Gasteiger partial charge on any atom is -0.461 e. The van der Waals surface area contributed by atoms with Gasteiger partial charge in [-0.15, -0.1) is 0 Å². The summed E-state index contributed by atoms with van der Waals surface area (Å²) in [5, 5.41) is 0. The van der Waals surface area contributed by atoms with Crippen LogP contribution in [0.3, 0.4) is 0 Å². The Bertz CT molecular complexity index is 519. The molecule has 0 bridgehead atoms. The van der Waals surface area contributed by atoms with E-state index in [1.807, 2.05) is 26.0 Å². The number of hydrogen-bond donors (Lipinski definition) is 0. The Morgan fingerprint density at radius 2 is 1.58 bits per heavy atom. The Labute approximate surface area is 144 Å². The zero-order valence-electron chi connectivity index (χ0n) is 15.1. The number of carbonyl (C=O) groups is 2. The van der Waals surface area contributed by atoms with E-state index in [9.17, 15) is 9.59 Å². The molecule has 0 heterocycles. The molecule has 0 N–H and O–H groups in total. The summed E-state index contributed by atoms with van der Waals surface area (Å²) in [4.78, 5) is 23.3. The predicted molar refractivity (Wildman–Crippen MR) is 92.1 cm³/mol.